The highest BCUT2D eigenvalue weighted by Crippen LogP contribution is 2.34. The van der Waals surface area contributed by atoms with Crippen molar-refractivity contribution >= 4 is 17.6 Å². The Kier molecular flexibility index (Phi) is 4.25. The predicted octanol–water partition coefficient (Wildman–Crippen LogP) is 3.34. The predicted molar refractivity (Wildman–Crippen MR) is 71.8 cm³/mol. The van der Waals surface area contributed by atoms with Crippen LogP contribution in [0.1, 0.15) is 37.8 Å². The van der Waals surface area contributed by atoms with Gasteiger partial charge in [-0.1, -0.05) is 23.7 Å². The third kappa shape index (κ3) is 3.47. The summed E-state index contributed by atoms with van der Waals surface area (Å²) in [5, 5.41) is 9.54. The molecule has 1 aromatic rings. The van der Waals surface area contributed by atoms with Gasteiger partial charge in [0.25, 0.3) is 0 Å². The van der Waals surface area contributed by atoms with E-state index in [-0.39, 0.29) is 12.5 Å². The highest BCUT2D eigenvalue weighted by Gasteiger charge is 2.32. The molecule has 18 heavy (non-hydrogen) atoms. The van der Waals surface area contributed by atoms with E-state index in [4.69, 9.17) is 16.7 Å². The van der Waals surface area contributed by atoms with Crippen molar-refractivity contribution in [3.8, 4) is 0 Å². The normalized spacial score (nSPS) is 16.8. The van der Waals surface area contributed by atoms with E-state index >= 15 is 0 Å². The Morgan fingerprint density at radius 2 is 2.06 bits per heavy atom. The standard InChI is InChI=1S/C14H18ClNO2/c1-10(11-2-4-12(15)5-3-11)16(13-6-7-13)9-8-14(17)18/h2-5,10,13H,6-9H2,1H3,(H,17,18). The molecule has 98 valence electrons. The summed E-state index contributed by atoms with van der Waals surface area (Å²) in [5.74, 6) is -0.732. The van der Waals surface area contributed by atoms with Crippen LogP contribution in [0.3, 0.4) is 0 Å². The maximum atomic E-state index is 10.7. The summed E-state index contributed by atoms with van der Waals surface area (Å²) in [4.78, 5) is 13.0. The van der Waals surface area contributed by atoms with Gasteiger partial charge in [-0.25, -0.2) is 0 Å². The highest BCUT2D eigenvalue weighted by atomic mass is 35.5. The molecule has 1 aliphatic rings. The minimum atomic E-state index is -0.732. The molecule has 1 atom stereocenters. The van der Waals surface area contributed by atoms with Crippen molar-refractivity contribution < 1.29 is 9.90 Å². The minimum Gasteiger partial charge on any atom is -0.481 e. The molecule has 0 radical (unpaired) electrons. The first-order valence-electron chi connectivity index (χ1n) is 6.31. The molecule has 0 aromatic heterocycles. The molecule has 3 nitrogen and oxygen atoms in total. The SMILES string of the molecule is CC(c1ccc(Cl)cc1)N(CCC(=O)O)C1CC1. The Balaban J connectivity index is 2.05. The van der Waals surface area contributed by atoms with Crippen molar-refractivity contribution in [2.45, 2.75) is 38.3 Å². The zero-order chi connectivity index (χ0) is 13.1. The smallest absolute Gasteiger partial charge is 0.304 e. The lowest BCUT2D eigenvalue weighted by Crippen LogP contribution is -2.31. The number of aliphatic carboxylic acids is 1. The van der Waals surface area contributed by atoms with E-state index in [1.807, 2.05) is 24.3 Å². The van der Waals surface area contributed by atoms with Crippen molar-refractivity contribution in [1.82, 2.24) is 4.90 Å². The number of halogens is 1. The summed E-state index contributed by atoms with van der Waals surface area (Å²) in [6.45, 7) is 2.74. The summed E-state index contributed by atoms with van der Waals surface area (Å²) >= 11 is 5.88. The quantitative estimate of drug-likeness (QED) is 0.859. The van der Waals surface area contributed by atoms with E-state index in [2.05, 4.69) is 11.8 Å². The van der Waals surface area contributed by atoms with Gasteiger partial charge >= 0.3 is 5.97 Å². The fourth-order valence-electron chi connectivity index (χ4n) is 2.26. The van der Waals surface area contributed by atoms with E-state index in [0.29, 0.717) is 12.6 Å². The summed E-state index contributed by atoms with van der Waals surface area (Å²) < 4.78 is 0. The summed E-state index contributed by atoms with van der Waals surface area (Å²) in [5.41, 5.74) is 1.19. The van der Waals surface area contributed by atoms with Gasteiger partial charge in [0.1, 0.15) is 0 Å². The molecule has 2 rings (SSSR count). The van der Waals surface area contributed by atoms with Crippen LogP contribution in [-0.4, -0.2) is 28.6 Å². The van der Waals surface area contributed by atoms with Crippen LogP contribution in [0.25, 0.3) is 0 Å². The Morgan fingerprint density at radius 1 is 1.44 bits per heavy atom. The molecule has 1 fully saturated rings. The first kappa shape index (κ1) is 13.4. The van der Waals surface area contributed by atoms with E-state index in [9.17, 15) is 4.79 Å². The van der Waals surface area contributed by atoms with Gasteiger partial charge in [0.15, 0.2) is 0 Å². The third-order valence-corrected chi connectivity index (χ3v) is 3.70. The van der Waals surface area contributed by atoms with Gasteiger partial charge in [0.2, 0.25) is 0 Å². The van der Waals surface area contributed by atoms with Crippen LogP contribution in [0.15, 0.2) is 24.3 Å². The lowest BCUT2D eigenvalue weighted by atomic mass is 10.1. The van der Waals surface area contributed by atoms with Crippen LogP contribution in [0.4, 0.5) is 0 Å². The van der Waals surface area contributed by atoms with E-state index in [0.717, 1.165) is 5.02 Å². The lowest BCUT2D eigenvalue weighted by molar-refractivity contribution is -0.137. The van der Waals surface area contributed by atoms with Crippen molar-refractivity contribution in [2.75, 3.05) is 6.54 Å². The molecule has 4 heteroatoms. The Bertz CT molecular complexity index is 414. The Hall–Kier alpha value is -1.06. The van der Waals surface area contributed by atoms with Crippen LogP contribution in [-0.2, 0) is 4.79 Å². The van der Waals surface area contributed by atoms with Gasteiger partial charge in [-0.2, -0.15) is 0 Å². The van der Waals surface area contributed by atoms with Crippen LogP contribution in [0.2, 0.25) is 5.02 Å². The lowest BCUT2D eigenvalue weighted by Gasteiger charge is -2.29. The number of benzene rings is 1. The molecular weight excluding hydrogens is 250 g/mol. The maximum absolute atomic E-state index is 10.7. The van der Waals surface area contributed by atoms with Crippen molar-refractivity contribution in [2.24, 2.45) is 0 Å². The molecule has 1 aromatic carbocycles. The minimum absolute atomic E-state index is 0.203. The molecule has 0 spiro atoms. The molecule has 0 bridgehead atoms. The van der Waals surface area contributed by atoms with Gasteiger partial charge in [-0.15, -0.1) is 0 Å². The molecule has 0 amide bonds. The Labute approximate surface area is 112 Å². The second kappa shape index (κ2) is 5.72. The number of rotatable bonds is 6. The largest absolute Gasteiger partial charge is 0.481 e. The molecule has 1 saturated carbocycles. The first-order valence-corrected chi connectivity index (χ1v) is 6.68. The van der Waals surface area contributed by atoms with Crippen molar-refractivity contribution in [3.63, 3.8) is 0 Å². The number of hydrogen-bond acceptors (Lipinski definition) is 2. The molecule has 0 aliphatic heterocycles. The van der Waals surface area contributed by atoms with Crippen LogP contribution < -0.4 is 0 Å². The highest BCUT2D eigenvalue weighted by molar-refractivity contribution is 6.30. The van der Waals surface area contributed by atoms with Gasteiger partial charge < -0.3 is 5.11 Å². The van der Waals surface area contributed by atoms with Gasteiger partial charge in [0, 0.05) is 23.7 Å². The van der Waals surface area contributed by atoms with Gasteiger partial charge in [-0.05, 0) is 37.5 Å². The monoisotopic (exact) mass is 267 g/mol. The van der Waals surface area contributed by atoms with E-state index in [1.54, 1.807) is 0 Å². The average Bonchev–Trinajstić information content (AvgIpc) is 3.14. The number of carbonyl (C=O) groups is 1. The Morgan fingerprint density at radius 3 is 2.56 bits per heavy atom. The second-order valence-electron chi connectivity index (χ2n) is 4.84. The zero-order valence-corrected chi connectivity index (χ0v) is 11.2. The molecule has 1 aliphatic carbocycles. The van der Waals surface area contributed by atoms with Gasteiger partial charge in [0.05, 0.1) is 6.42 Å². The number of carboxylic acids is 1. The zero-order valence-electron chi connectivity index (χ0n) is 10.5. The molecular formula is C14H18ClNO2. The number of nitrogens with zero attached hydrogens (tertiary/aromatic N) is 1. The molecule has 1 unspecified atom stereocenters. The van der Waals surface area contributed by atoms with Gasteiger partial charge in [-0.3, -0.25) is 9.69 Å². The van der Waals surface area contributed by atoms with Crippen LogP contribution >= 0.6 is 11.6 Å². The second-order valence-corrected chi connectivity index (χ2v) is 5.28. The van der Waals surface area contributed by atoms with E-state index < -0.39 is 5.97 Å². The maximum Gasteiger partial charge on any atom is 0.304 e. The molecule has 1 N–H and O–H groups in total. The first-order chi connectivity index (χ1) is 8.58. The topological polar surface area (TPSA) is 40.5 Å². The molecule has 0 heterocycles. The third-order valence-electron chi connectivity index (χ3n) is 3.45. The fourth-order valence-corrected chi connectivity index (χ4v) is 2.38. The molecule has 0 saturated heterocycles. The van der Waals surface area contributed by atoms with Crippen molar-refractivity contribution in [3.05, 3.63) is 34.9 Å². The van der Waals surface area contributed by atoms with E-state index in [1.165, 1.54) is 18.4 Å². The number of carboxylic acid groups (broad SMARTS) is 1. The fraction of sp³-hybridized carbons (Fsp3) is 0.500. The van der Waals surface area contributed by atoms with Crippen molar-refractivity contribution in [1.29, 1.82) is 0 Å². The number of hydrogen-bond donors (Lipinski definition) is 1. The van der Waals surface area contributed by atoms with Crippen LogP contribution in [0, 0.1) is 0 Å². The summed E-state index contributed by atoms with van der Waals surface area (Å²) in [6.07, 6.45) is 2.56. The average molecular weight is 268 g/mol. The summed E-state index contributed by atoms with van der Waals surface area (Å²) in [6, 6.07) is 8.60. The van der Waals surface area contributed by atoms with Crippen LogP contribution in [0.5, 0.6) is 0 Å². The summed E-state index contributed by atoms with van der Waals surface area (Å²) in [7, 11) is 0.